The second kappa shape index (κ2) is 6.06. The molecule has 0 radical (unpaired) electrons. The van der Waals surface area contributed by atoms with E-state index in [1.54, 1.807) is 0 Å². The van der Waals surface area contributed by atoms with Crippen LogP contribution in [0.3, 0.4) is 0 Å². The highest BCUT2D eigenvalue weighted by atomic mass is 32.2. The van der Waals surface area contributed by atoms with E-state index < -0.39 is 17.7 Å². The largest absolute Gasteiger partial charge is 0.319 e. The third-order valence-corrected chi connectivity index (χ3v) is 4.60. The van der Waals surface area contributed by atoms with Gasteiger partial charge in [0.25, 0.3) is 0 Å². The van der Waals surface area contributed by atoms with Crippen molar-refractivity contribution in [1.29, 1.82) is 0 Å². The molecule has 2 aromatic carbocycles. The topological polar surface area (TPSA) is 46.3 Å². The van der Waals surface area contributed by atoms with Crippen molar-refractivity contribution in [2.24, 2.45) is 5.73 Å². The van der Waals surface area contributed by atoms with E-state index in [4.69, 9.17) is 5.73 Å². The number of nitrogens with two attached hydrogens (primary N) is 1. The van der Waals surface area contributed by atoms with Crippen LogP contribution in [0.1, 0.15) is 5.56 Å². The van der Waals surface area contributed by atoms with Crippen LogP contribution < -0.4 is 10.6 Å². The first-order chi connectivity index (χ1) is 10.5. The molecule has 22 heavy (non-hydrogen) atoms. The molecule has 0 saturated heterocycles. The number of fused-ring (bicyclic) bond motifs is 1. The molecule has 1 heterocycles. The molecule has 1 aliphatic heterocycles. The Morgan fingerprint density at radius 2 is 1.86 bits per heavy atom. The molecule has 1 amide bonds. The van der Waals surface area contributed by atoms with Crippen LogP contribution in [0, 0.1) is 11.6 Å². The maximum Gasteiger partial charge on any atom is 0.245 e. The summed E-state index contributed by atoms with van der Waals surface area (Å²) in [6.45, 7) is 0.0821. The third kappa shape index (κ3) is 2.98. The highest BCUT2D eigenvalue weighted by molar-refractivity contribution is 7.99. The summed E-state index contributed by atoms with van der Waals surface area (Å²) in [7, 11) is 0. The van der Waals surface area contributed by atoms with Crippen molar-refractivity contribution in [3.8, 4) is 0 Å². The predicted octanol–water partition coefficient (Wildman–Crippen LogP) is 2.93. The molecule has 3 rings (SSSR count). The van der Waals surface area contributed by atoms with Gasteiger partial charge in [0, 0.05) is 16.7 Å². The summed E-state index contributed by atoms with van der Waals surface area (Å²) >= 11 is 1.51. The van der Waals surface area contributed by atoms with Gasteiger partial charge < -0.3 is 10.6 Å². The second-order valence-corrected chi connectivity index (χ2v) is 6.15. The van der Waals surface area contributed by atoms with Gasteiger partial charge in [-0.1, -0.05) is 12.1 Å². The Labute approximate surface area is 131 Å². The van der Waals surface area contributed by atoms with Gasteiger partial charge in [0.15, 0.2) is 0 Å². The molecule has 1 atom stereocenters. The Morgan fingerprint density at radius 1 is 1.18 bits per heavy atom. The molecule has 2 aromatic rings. The smallest absolute Gasteiger partial charge is 0.245 e. The molecular formula is C16H14F2N2OS. The highest BCUT2D eigenvalue weighted by Crippen LogP contribution is 2.34. The summed E-state index contributed by atoms with van der Waals surface area (Å²) < 4.78 is 26.7. The maximum absolute atomic E-state index is 13.4. The minimum absolute atomic E-state index is 0.0821. The van der Waals surface area contributed by atoms with Crippen LogP contribution in [0.4, 0.5) is 14.5 Å². The molecule has 0 aromatic heterocycles. The van der Waals surface area contributed by atoms with E-state index in [0.29, 0.717) is 11.3 Å². The summed E-state index contributed by atoms with van der Waals surface area (Å²) in [5.74, 6) is -1.10. The molecule has 0 saturated carbocycles. The van der Waals surface area contributed by atoms with Gasteiger partial charge in [-0.25, -0.2) is 8.78 Å². The zero-order valence-corrected chi connectivity index (χ0v) is 12.4. The minimum Gasteiger partial charge on any atom is -0.319 e. The Bertz CT molecular complexity index is 703. The number of nitrogens with zero attached hydrogens (tertiary/aromatic N) is 1. The lowest BCUT2D eigenvalue weighted by molar-refractivity contribution is -0.119. The van der Waals surface area contributed by atoms with E-state index >= 15 is 0 Å². The van der Waals surface area contributed by atoms with Crippen molar-refractivity contribution in [3.05, 3.63) is 59.7 Å². The van der Waals surface area contributed by atoms with Crippen LogP contribution in [-0.2, 0) is 11.3 Å². The first-order valence-electron chi connectivity index (χ1n) is 6.78. The van der Waals surface area contributed by atoms with Crippen molar-refractivity contribution >= 4 is 23.4 Å². The number of rotatable bonds is 2. The summed E-state index contributed by atoms with van der Waals surface area (Å²) in [5.41, 5.74) is 7.01. The number of hydrogen-bond donors (Lipinski definition) is 1. The lowest BCUT2D eigenvalue weighted by atomic mass is 10.1. The van der Waals surface area contributed by atoms with Crippen molar-refractivity contribution < 1.29 is 13.6 Å². The van der Waals surface area contributed by atoms with Gasteiger partial charge in [0.05, 0.1) is 18.3 Å². The van der Waals surface area contributed by atoms with Crippen molar-refractivity contribution in [2.75, 3.05) is 10.7 Å². The zero-order valence-electron chi connectivity index (χ0n) is 11.6. The van der Waals surface area contributed by atoms with Gasteiger partial charge in [-0.2, -0.15) is 0 Å². The molecule has 1 aliphatic rings. The molecule has 114 valence electrons. The van der Waals surface area contributed by atoms with Crippen LogP contribution in [-0.4, -0.2) is 17.7 Å². The number of para-hydroxylation sites is 1. The standard InChI is InChI=1S/C16H14F2N2OS/c17-11-5-10(6-12(18)7-11)8-20-14-3-1-2-4-15(14)22-9-13(19)16(20)21/h1-7,13H,8-9,19H2/t13-/m0/s1. The average Bonchev–Trinajstić information content (AvgIpc) is 2.59. The lowest BCUT2D eigenvalue weighted by Crippen LogP contribution is -2.44. The summed E-state index contributed by atoms with van der Waals surface area (Å²) in [4.78, 5) is 14.9. The van der Waals surface area contributed by atoms with Crippen LogP contribution in [0.5, 0.6) is 0 Å². The average molecular weight is 320 g/mol. The van der Waals surface area contributed by atoms with Crippen molar-refractivity contribution in [1.82, 2.24) is 0 Å². The van der Waals surface area contributed by atoms with E-state index in [1.165, 1.54) is 28.8 Å². The van der Waals surface area contributed by atoms with Gasteiger partial charge in [-0.15, -0.1) is 11.8 Å². The first kappa shape index (κ1) is 15.0. The summed E-state index contributed by atoms with van der Waals surface area (Å²) in [5, 5.41) is 0. The normalized spacial score (nSPS) is 18.0. The van der Waals surface area contributed by atoms with Crippen LogP contribution in [0.2, 0.25) is 0 Å². The van der Waals surface area contributed by atoms with E-state index in [2.05, 4.69) is 0 Å². The SMILES string of the molecule is N[C@H]1CSc2ccccc2N(Cc2cc(F)cc(F)c2)C1=O. The molecular weight excluding hydrogens is 306 g/mol. The molecule has 0 bridgehead atoms. The third-order valence-electron chi connectivity index (χ3n) is 3.42. The zero-order chi connectivity index (χ0) is 15.7. The van der Waals surface area contributed by atoms with E-state index in [1.807, 2.05) is 24.3 Å². The van der Waals surface area contributed by atoms with E-state index in [9.17, 15) is 13.6 Å². The maximum atomic E-state index is 13.4. The molecule has 3 nitrogen and oxygen atoms in total. The Hall–Kier alpha value is -1.92. The Kier molecular flexibility index (Phi) is 4.13. The fraction of sp³-hybridized carbons (Fsp3) is 0.188. The Morgan fingerprint density at radius 3 is 2.59 bits per heavy atom. The number of amides is 1. The fourth-order valence-corrected chi connectivity index (χ4v) is 3.42. The van der Waals surface area contributed by atoms with Crippen LogP contribution in [0.15, 0.2) is 47.4 Å². The predicted molar refractivity (Wildman–Crippen MR) is 82.7 cm³/mol. The summed E-state index contributed by atoms with van der Waals surface area (Å²) in [6, 6.07) is 10.0. The second-order valence-electron chi connectivity index (χ2n) is 5.09. The Balaban J connectivity index is 2.00. The number of anilines is 1. The van der Waals surface area contributed by atoms with Crippen LogP contribution in [0.25, 0.3) is 0 Å². The first-order valence-corrected chi connectivity index (χ1v) is 7.77. The fourth-order valence-electron chi connectivity index (χ4n) is 2.42. The van der Waals surface area contributed by atoms with Gasteiger partial charge in [-0.3, -0.25) is 4.79 Å². The lowest BCUT2D eigenvalue weighted by Gasteiger charge is -2.24. The molecule has 0 unspecified atom stereocenters. The molecule has 0 spiro atoms. The van der Waals surface area contributed by atoms with Crippen molar-refractivity contribution in [2.45, 2.75) is 17.5 Å². The molecule has 6 heteroatoms. The monoisotopic (exact) mass is 320 g/mol. The van der Waals surface area contributed by atoms with Crippen LogP contribution >= 0.6 is 11.8 Å². The van der Waals surface area contributed by atoms with Gasteiger partial charge in [-0.05, 0) is 29.8 Å². The number of thioether (sulfide) groups is 1. The molecule has 2 N–H and O–H groups in total. The number of hydrogen-bond acceptors (Lipinski definition) is 3. The van der Waals surface area contributed by atoms with E-state index in [-0.39, 0.29) is 12.5 Å². The number of halogens is 2. The number of carbonyl (C=O) groups excluding carboxylic acids is 1. The quantitative estimate of drug-likeness (QED) is 0.925. The number of carbonyl (C=O) groups is 1. The highest BCUT2D eigenvalue weighted by Gasteiger charge is 2.28. The van der Waals surface area contributed by atoms with Gasteiger partial charge >= 0.3 is 0 Å². The summed E-state index contributed by atoms with van der Waals surface area (Å²) in [6.07, 6.45) is 0. The van der Waals surface area contributed by atoms with Gasteiger partial charge in [0.2, 0.25) is 5.91 Å². The minimum atomic E-state index is -0.663. The van der Waals surface area contributed by atoms with E-state index in [0.717, 1.165) is 16.6 Å². The number of benzene rings is 2. The van der Waals surface area contributed by atoms with Crippen molar-refractivity contribution in [3.63, 3.8) is 0 Å². The van der Waals surface area contributed by atoms with Gasteiger partial charge in [0.1, 0.15) is 11.6 Å². The molecule has 0 fully saturated rings. The molecule has 0 aliphatic carbocycles.